The molecule has 2 unspecified atom stereocenters. The summed E-state index contributed by atoms with van der Waals surface area (Å²) in [4.78, 5) is 26.8. The number of hydrogen-bond donors (Lipinski definition) is 0. The SMILES string of the molecule is CC1Cc2c(c3ccccc3n2C(=O)c2ccccc2)C(C(=O)OCc2ccccc2)C1. The Morgan fingerprint density at radius 1 is 0.906 bits per heavy atom. The molecule has 0 saturated carbocycles. The van der Waals surface area contributed by atoms with Gasteiger partial charge in [0, 0.05) is 16.6 Å². The van der Waals surface area contributed by atoms with Crippen LogP contribution in [0.5, 0.6) is 0 Å². The van der Waals surface area contributed by atoms with Crippen LogP contribution in [0.3, 0.4) is 0 Å². The first-order valence-corrected chi connectivity index (χ1v) is 11.1. The number of nitrogens with zero attached hydrogens (tertiary/aromatic N) is 1. The monoisotopic (exact) mass is 423 g/mol. The summed E-state index contributed by atoms with van der Waals surface area (Å²) in [6, 6.07) is 26.9. The number of hydrogen-bond acceptors (Lipinski definition) is 3. The number of carbonyl (C=O) groups excluding carboxylic acids is 2. The molecule has 32 heavy (non-hydrogen) atoms. The summed E-state index contributed by atoms with van der Waals surface area (Å²) in [5, 5.41) is 0.959. The molecule has 4 heteroatoms. The van der Waals surface area contributed by atoms with Crippen LogP contribution in [0.1, 0.15) is 46.4 Å². The van der Waals surface area contributed by atoms with Gasteiger partial charge < -0.3 is 4.74 Å². The fourth-order valence-electron chi connectivity index (χ4n) is 4.83. The third kappa shape index (κ3) is 3.62. The minimum absolute atomic E-state index is 0.0615. The van der Waals surface area contributed by atoms with E-state index in [0.29, 0.717) is 12.0 Å². The van der Waals surface area contributed by atoms with E-state index < -0.39 is 0 Å². The Hall–Kier alpha value is -3.66. The summed E-state index contributed by atoms with van der Waals surface area (Å²) in [5.41, 5.74) is 4.33. The molecule has 0 bridgehead atoms. The largest absolute Gasteiger partial charge is 0.460 e. The summed E-state index contributed by atoms with van der Waals surface area (Å²) in [6.07, 6.45) is 1.47. The highest BCUT2D eigenvalue weighted by Gasteiger charge is 2.37. The molecule has 0 amide bonds. The molecule has 1 aliphatic carbocycles. The van der Waals surface area contributed by atoms with Gasteiger partial charge in [0.15, 0.2) is 0 Å². The lowest BCUT2D eigenvalue weighted by Crippen LogP contribution is -2.27. The van der Waals surface area contributed by atoms with Crippen molar-refractivity contribution < 1.29 is 14.3 Å². The Kier molecular flexibility index (Phi) is 5.36. The third-order valence-electron chi connectivity index (χ3n) is 6.28. The molecule has 4 nitrogen and oxygen atoms in total. The molecule has 1 heterocycles. The van der Waals surface area contributed by atoms with Gasteiger partial charge in [0.25, 0.3) is 5.91 Å². The zero-order valence-corrected chi connectivity index (χ0v) is 18.0. The van der Waals surface area contributed by atoms with Gasteiger partial charge in [0.2, 0.25) is 0 Å². The van der Waals surface area contributed by atoms with Crippen LogP contribution in [0.2, 0.25) is 0 Å². The van der Waals surface area contributed by atoms with Crippen LogP contribution in [-0.4, -0.2) is 16.4 Å². The number of carbonyl (C=O) groups is 2. The van der Waals surface area contributed by atoms with Crippen LogP contribution in [0.4, 0.5) is 0 Å². The lowest BCUT2D eigenvalue weighted by Gasteiger charge is -2.27. The van der Waals surface area contributed by atoms with Crippen LogP contribution in [0.15, 0.2) is 84.9 Å². The molecule has 2 atom stereocenters. The maximum absolute atomic E-state index is 13.5. The standard InChI is InChI=1S/C28H25NO3/c1-19-16-23(28(31)32-18-20-10-4-2-5-11-20)26-22-14-8-9-15-24(22)29(25(26)17-19)27(30)21-12-6-3-7-13-21/h2-15,19,23H,16-18H2,1H3. The molecule has 0 radical (unpaired) electrons. The molecule has 3 aromatic carbocycles. The average molecular weight is 424 g/mol. The molecule has 0 spiro atoms. The van der Waals surface area contributed by atoms with E-state index in [2.05, 4.69) is 6.92 Å². The molecule has 1 aromatic heterocycles. The number of ether oxygens (including phenoxy) is 1. The topological polar surface area (TPSA) is 48.3 Å². The molecule has 5 rings (SSSR count). The first-order valence-electron chi connectivity index (χ1n) is 11.1. The van der Waals surface area contributed by atoms with Crippen LogP contribution in [0, 0.1) is 5.92 Å². The van der Waals surface area contributed by atoms with E-state index >= 15 is 0 Å². The molecule has 0 aliphatic heterocycles. The highest BCUT2D eigenvalue weighted by Crippen LogP contribution is 2.42. The summed E-state index contributed by atoms with van der Waals surface area (Å²) in [7, 11) is 0. The number of para-hydroxylation sites is 1. The lowest BCUT2D eigenvalue weighted by atomic mass is 9.79. The molecule has 4 aromatic rings. The van der Waals surface area contributed by atoms with Crippen molar-refractivity contribution in [3.63, 3.8) is 0 Å². The van der Waals surface area contributed by atoms with E-state index in [1.807, 2.05) is 89.5 Å². The van der Waals surface area contributed by atoms with E-state index in [0.717, 1.165) is 34.1 Å². The average Bonchev–Trinajstić information content (AvgIpc) is 3.16. The highest BCUT2D eigenvalue weighted by atomic mass is 16.5. The quantitative estimate of drug-likeness (QED) is 0.393. The maximum Gasteiger partial charge on any atom is 0.313 e. The Balaban J connectivity index is 1.57. The van der Waals surface area contributed by atoms with E-state index in [9.17, 15) is 9.59 Å². The molecular formula is C28H25NO3. The van der Waals surface area contributed by atoms with Crippen molar-refractivity contribution in [1.82, 2.24) is 4.57 Å². The van der Waals surface area contributed by atoms with Crippen molar-refractivity contribution in [3.05, 3.63) is 107 Å². The van der Waals surface area contributed by atoms with Crippen molar-refractivity contribution in [2.24, 2.45) is 5.92 Å². The number of aromatic nitrogens is 1. The summed E-state index contributed by atoms with van der Waals surface area (Å²) in [6.45, 7) is 2.39. The fraction of sp³-hybridized carbons (Fsp3) is 0.214. The van der Waals surface area contributed by atoms with Gasteiger partial charge in [-0.2, -0.15) is 0 Å². The van der Waals surface area contributed by atoms with Crippen molar-refractivity contribution in [2.75, 3.05) is 0 Å². The van der Waals surface area contributed by atoms with Crippen molar-refractivity contribution in [2.45, 2.75) is 32.3 Å². The third-order valence-corrected chi connectivity index (χ3v) is 6.28. The molecular weight excluding hydrogens is 398 g/mol. The Labute approximate surface area is 187 Å². The Bertz CT molecular complexity index is 1270. The van der Waals surface area contributed by atoms with E-state index in [1.165, 1.54) is 0 Å². The Morgan fingerprint density at radius 2 is 1.56 bits per heavy atom. The molecule has 0 N–H and O–H groups in total. The van der Waals surface area contributed by atoms with Crippen LogP contribution in [0.25, 0.3) is 10.9 Å². The first-order chi connectivity index (χ1) is 15.6. The molecule has 160 valence electrons. The van der Waals surface area contributed by atoms with Crippen LogP contribution < -0.4 is 0 Å². The predicted molar refractivity (Wildman–Crippen MR) is 125 cm³/mol. The Morgan fingerprint density at radius 3 is 2.31 bits per heavy atom. The zero-order valence-electron chi connectivity index (χ0n) is 18.0. The number of esters is 1. The second kappa shape index (κ2) is 8.46. The summed E-state index contributed by atoms with van der Waals surface area (Å²) < 4.78 is 7.56. The van der Waals surface area contributed by atoms with Gasteiger partial charge in [-0.1, -0.05) is 73.7 Å². The molecule has 0 fully saturated rings. The second-order valence-corrected chi connectivity index (χ2v) is 8.57. The van der Waals surface area contributed by atoms with Crippen LogP contribution in [-0.2, 0) is 22.6 Å². The fourth-order valence-corrected chi connectivity index (χ4v) is 4.83. The van der Waals surface area contributed by atoms with Gasteiger partial charge in [-0.05, 0) is 48.1 Å². The highest BCUT2D eigenvalue weighted by molar-refractivity contribution is 6.05. The van der Waals surface area contributed by atoms with Gasteiger partial charge in [0.1, 0.15) is 6.61 Å². The van der Waals surface area contributed by atoms with Crippen molar-refractivity contribution in [3.8, 4) is 0 Å². The molecule has 0 saturated heterocycles. The number of benzene rings is 3. The van der Waals surface area contributed by atoms with E-state index in [1.54, 1.807) is 0 Å². The summed E-state index contributed by atoms with van der Waals surface area (Å²) in [5.74, 6) is -0.402. The minimum atomic E-state index is -0.382. The number of rotatable bonds is 4. The van der Waals surface area contributed by atoms with E-state index in [-0.39, 0.29) is 30.3 Å². The number of fused-ring (bicyclic) bond motifs is 3. The first kappa shape index (κ1) is 20.3. The van der Waals surface area contributed by atoms with Crippen LogP contribution >= 0.6 is 0 Å². The van der Waals surface area contributed by atoms with Crippen molar-refractivity contribution >= 4 is 22.8 Å². The minimum Gasteiger partial charge on any atom is -0.460 e. The van der Waals surface area contributed by atoms with Crippen molar-refractivity contribution in [1.29, 1.82) is 0 Å². The van der Waals surface area contributed by atoms with Gasteiger partial charge >= 0.3 is 5.97 Å². The smallest absolute Gasteiger partial charge is 0.313 e. The summed E-state index contributed by atoms with van der Waals surface area (Å²) >= 11 is 0. The van der Waals surface area contributed by atoms with Gasteiger partial charge in [-0.25, -0.2) is 0 Å². The lowest BCUT2D eigenvalue weighted by molar-refractivity contribution is -0.147. The normalized spacial score (nSPS) is 17.7. The second-order valence-electron chi connectivity index (χ2n) is 8.57. The predicted octanol–water partition coefficient (Wildman–Crippen LogP) is 5.74. The van der Waals surface area contributed by atoms with Gasteiger partial charge in [0.05, 0.1) is 11.4 Å². The van der Waals surface area contributed by atoms with Gasteiger partial charge in [-0.3, -0.25) is 14.2 Å². The maximum atomic E-state index is 13.5. The zero-order chi connectivity index (χ0) is 22.1. The van der Waals surface area contributed by atoms with E-state index in [4.69, 9.17) is 4.74 Å². The molecule has 1 aliphatic rings. The van der Waals surface area contributed by atoms with Gasteiger partial charge in [-0.15, -0.1) is 0 Å².